The Morgan fingerprint density at radius 3 is 2.25 bits per heavy atom. The maximum atomic E-state index is 3.72. The van der Waals surface area contributed by atoms with E-state index in [9.17, 15) is 0 Å². The van der Waals surface area contributed by atoms with Gasteiger partial charge in [-0.05, 0) is 47.8 Å². The van der Waals surface area contributed by atoms with Gasteiger partial charge in [0, 0.05) is 6.04 Å². The number of nitrogens with one attached hydrogen (secondary N) is 1. The van der Waals surface area contributed by atoms with Crippen LogP contribution in [0.25, 0.3) is 0 Å². The van der Waals surface area contributed by atoms with Gasteiger partial charge < -0.3 is 5.32 Å². The zero-order chi connectivity index (χ0) is 14.8. The van der Waals surface area contributed by atoms with E-state index in [1.165, 1.54) is 30.4 Å². The van der Waals surface area contributed by atoms with Crippen molar-refractivity contribution in [1.82, 2.24) is 5.32 Å². The number of hydrogen-bond donors (Lipinski definition) is 1. The molecular weight excluding hydrogens is 242 g/mol. The van der Waals surface area contributed by atoms with Crippen molar-refractivity contribution in [3.8, 4) is 0 Å². The summed E-state index contributed by atoms with van der Waals surface area (Å²) in [6, 6.07) is 9.86. The van der Waals surface area contributed by atoms with Gasteiger partial charge in [0.25, 0.3) is 0 Å². The number of benzene rings is 1. The molecule has 1 fully saturated rings. The average Bonchev–Trinajstić information content (AvgIpc) is 2.81. The Labute approximate surface area is 125 Å². The first kappa shape index (κ1) is 15.6. The SMILES string of the molecule is CCNC(c1ccc(C(C)(C)C)cc1)C1CCC(C)C1. The second kappa shape index (κ2) is 6.30. The smallest absolute Gasteiger partial charge is 0.0348 e. The third-order valence-corrected chi connectivity index (χ3v) is 4.77. The second-order valence-corrected chi connectivity index (χ2v) is 7.59. The molecule has 1 aliphatic rings. The quantitative estimate of drug-likeness (QED) is 0.807. The topological polar surface area (TPSA) is 12.0 Å². The van der Waals surface area contributed by atoms with Crippen molar-refractivity contribution in [2.45, 2.75) is 65.3 Å². The molecule has 0 heterocycles. The highest BCUT2D eigenvalue weighted by atomic mass is 14.9. The number of rotatable bonds is 4. The van der Waals surface area contributed by atoms with E-state index in [2.05, 4.69) is 64.2 Å². The van der Waals surface area contributed by atoms with E-state index < -0.39 is 0 Å². The summed E-state index contributed by atoms with van der Waals surface area (Å²) >= 11 is 0. The number of hydrogen-bond acceptors (Lipinski definition) is 1. The Morgan fingerprint density at radius 2 is 1.80 bits per heavy atom. The van der Waals surface area contributed by atoms with Gasteiger partial charge in [0.1, 0.15) is 0 Å². The molecule has 3 unspecified atom stereocenters. The van der Waals surface area contributed by atoms with Crippen LogP contribution in [-0.4, -0.2) is 6.54 Å². The van der Waals surface area contributed by atoms with Crippen LogP contribution >= 0.6 is 0 Å². The van der Waals surface area contributed by atoms with Crippen LogP contribution in [0.3, 0.4) is 0 Å². The second-order valence-electron chi connectivity index (χ2n) is 7.59. The summed E-state index contributed by atoms with van der Waals surface area (Å²) in [5, 5.41) is 3.72. The predicted octanol–water partition coefficient (Wildman–Crippen LogP) is 5.07. The molecule has 1 N–H and O–H groups in total. The summed E-state index contributed by atoms with van der Waals surface area (Å²) in [6.45, 7) is 12.5. The fourth-order valence-electron chi connectivity index (χ4n) is 3.52. The Balaban J connectivity index is 2.17. The van der Waals surface area contributed by atoms with Crippen molar-refractivity contribution < 1.29 is 0 Å². The van der Waals surface area contributed by atoms with Gasteiger partial charge >= 0.3 is 0 Å². The highest BCUT2D eigenvalue weighted by Crippen LogP contribution is 2.39. The zero-order valence-electron chi connectivity index (χ0n) is 13.9. The summed E-state index contributed by atoms with van der Waals surface area (Å²) < 4.78 is 0. The van der Waals surface area contributed by atoms with Crippen LogP contribution in [0.5, 0.6) is 0 Å². The molecule has 3 atom stereocenters. The Hall–Kier alpha value is -0.820. The van der Waals surface area contributed by atoms with Crippen molar-refractivity contribution >= 4 is 0 Å². The van der Waals surface area contributed by atoms with Crippen molar-refractivity contribution in [2.24, 2.45) is 11.8 Å². The van der Waals surface area contributed by atoms with Gasteiger partial charge in [0.05, 0.1) is 0 Å². The van der Waals surface area contributed by atoms with Crippen molar-refractivity contribution in [3.63, 3.8) is 0 Å². The normalized spacial score (nSPS) is 24.9. The van der Waals surface area contributed by atoms with E-state index in [1.807, 2.05) is 0 Å². The third-order valence-electron chi connectivity index (χ3n) is 4.77. The first-order chi connectivity index (χ1) is 9.41. The van der Waals surface area contributed by atoms with Crippen molar-refractivity contribution in [3.05, 3.63) is 35.4 Å². The Morgan fingerprint density at radius 1 is 1.15 bits per heavy atom. The summed E-state index contributed by atoms with van der Waals surface area (Å²) in [5.74, 6) is 1.71. The first-order valence-corrected chi connectivity index (χ1v) is 8.25. The third kappa shape index (κ3) is 3.63. The van der Waals surface area contributed by atoms with E-state index in [1.54, 1.807) is 0 Å². The van der Waals surface area contributed by atoms with Gasteiger partial charge in [0.2, 0.25) is 0 Å². The lowest BCUT2D eigenvalue weighted by Crippen LogP contribution is -2.27. The zero-order valence-corrected chi connectivity index (χ0v) is 13.9. The predicted molar refractivity (Wildman–Crippen MR) is 88.1 cm³/mol. The molecule has 0 amide bonds. The Kier molecular flexibility index (Phi) is 4.90. The van der Waals surface area contributed by atoms with E-state index >= 15 is 0 Å². The van der Waals surface area contributed by atoms with Gasteiger partial charge in [-0.2, -0.15) is 0 Å². The first-order valence-electron chi connectivity index (χ1n) is 8.25. The minimum atomic E-state index is 0.244. The maximum Gasteiger partial charge on any atom is 0.0348 e. The van der Waals surface area contributed by atoms with Gasteiger partial charge in [-0.1, -0.05) is 65.3 Å². The summed E-state index contributed by atoms with van der Waals surface area (Å²) in [6.07, 6.45) is 4.14. The lowest BCUT2D eigenvalue weighted by molar-refractivity contribution is 0.365. The highest BCUT2D eigenvalue weighted by molar-refractivity contribution is 5.29. The molecule has 0 aromatic heterocycles. The molecule has 1 nitrogen and oxygen atoms in total. The lowest BCUT2D eigenvalue weighted by Gasteiger charge is -2.26. The van der Waals surface area contributed by atoms with Gasteiger partial charge in [0.15, 0.2) is 0 Å². The molecule has 0 bridgehead atoms. The van der Waals surface area contributed by atoms with Gasteiger partial charge in [-0.15, -0.1) is 0 Å². The molecule has 112 valence electrons. The fraction of sp³-hybridized carbons (Fsp3) is 0.684. The van der Waals surface area contributed by atoms with Crippen LogP contribution in [0, 0.1) is 11.8 Å². The molecule has 1 aliphatic carbocycles. The largest absolute Gasteiger partial charge is 0.310 e. The van der Waals surface area contributed by atoms with Crippen molar-refractivity contribution in [2.75, 3.05) is 6.54 Å². The van der Waals surface area contributed by atoms with E-state index in [0.717, 1.165) is 18.4 Å². The van der Waals surface area contributed by atoms with Crippen LogP contribution in [0.4, 0.5) is 0 Å². The summed E-state index contributed by atoms with van der Waals surface area (Å²) in [7, 11) is 0. The molecule has 1 aromatic rings. The lowest BCUT2D eigenvalue weighted by atomic mass is 9.84. The summed E-state index contributed by atoms with van der Waals surface area (Å²) in [4.78, 5) is 0. The molecule has 20 heavy (non-hydrogen) atoms. The molecular formula is C19H31N. The minimum absolute atomic E-state index is 0.244. The van der Waals surface area contributed by atoms with Crippen LogP contribution < -0.4 is 5.32 Å². The molecule has 0 aliphatic heterocycles. The molecule has 0 radical (unpaired) electrons. The molecule has 1 aromatic carbocycles. The monoisotopic (exact) mass is 273 g/mol. The van der Waals surface area contributed by atoms with E-state index in [4.69, 9.17) is 0 Å². The Bertz CT molecular complexity index is 412. The fourth-order valence-corrected chi connectivity index (χ4v) is 3.52. The highest BCUT2D eigenvalue weighted by Gasteiger charge is 2.29. The molecule has 0 saturated heterocycles. The van der Waals surface area contributed by atoms with Gasteiger partial charge in [-0.25, -0.2) is 0 Å². The standard InChI is InChI=1S/C19H31N/c1-6-20-18(16-8-7-14(2)13-16)15-9-11-17(12-10-15)19(3,4)5/h9-12,14,16,18,20H,6-8,13H2,1-5H3. The van der Waals surface area contributed by atoms with Gasteiger partial charge in [-0.3, -0.25) is 0 Å². The van der Waals surface area contributed by atoms with Crippen LogP contribution in [0.1, 0.15) is 71.0 Å². The summed E-state index contributed by atoms with van der Waals surface area (Å²) in [5.41, 5.74) is 3.14. The van der Waals surface area contributed by atoms with Crippen LogP contribution in [-0.2, 0) is 5.41 Å². The molecule has 2 rings (SSSR count). The minimum Gasteiger partial charge on any atom is -0.310 e. The van der Waals surface area contributed by atoms with Crippen LogP contribution in [0.15, 0.2) is 24.3 Å². The molecule has 1 heteroatoms. The average molecular weight is 273 g/mol. The van der Waals surface area contributed by atoms with Crippen LogP contribution in [0.2, 0.25) is 0 Å². The molecule has 0 spiro atoms. The molecule has 1 saturated carbocycles. The van der Waals surface area contributed by atoms with Crippen molar-refractivity contribution in [1.29, 1.82) is 0 Å². The maximum absolute atomic E-state index is 3.72. The van der Waals surface area contributed by atoms with E-state index in [-0.39, 0.29) is 5.41 Å². The van der Waals surface area contributed by atoms with E-state index in [0.29, 0.717) is 6.04 Å².